The number of hydrogen-bond donors (Lipinski definition) is 0. The van der Waals surface area contributed by atoms with Gasteiger partial charge in [0.05, 0.1) is 32.8 Å². The molecule has 0 aliphatic rings. The third-order valence-corrected chi connectivity index (χ3v) is 11.8. The molecule has 0 saturated carbocycles. The lowest BCUT2D eigenvalue weighted by molar-refractivity contribution is -0.571. The third-order valence-electron chi connectivity index (χ3n) is 10.5. The molecule has 0 N–H and O–H groups in total. The predicted molar refractivity (Wildman–Crippen MR) is 236 cm³/mol. The predicted octanol–water partition coefficient (Wildman–Crippen LogP) is 13.5. The van der Waals surface area contributed by atoms with E-state index in [-0.39, 0.29) is 0 Å². The van der Waals surface area contributed by atoms with E-state index in [4.69, 9.17) is 9.72 Å². The van der Waals surface area contributed by atoms with Crippen molar-refractivity contribution in [3.63, 3.8) is 0 Å². The Balaban J connectivity index is 1.04. The van der Waals surface area contributed by atoms with E-state index >= 15 is 0 Å². The van der Waals surface area contributed by atoms with Gasteiger partial charge in [0.1, 0.15) is 11.5 Å². The molecule has 0 fully saturated rings. The number of imidazole rings is 1. The molecule has 0 spiro atoms. The zero-order chi connectivity index (χ0) is 38.3. The fourth-order valence-electron chi connectivity index (χ4n) is 8.02. The number of ether oxygens (including phenoxy) is 1. The Hall–Kier alpha value is -6.82. The van der Waals surface area contributed by atoms with Crippen molar-refractivity contribution in [3.05, 3.63) is 194 Å². The number of para-hydroxylation sites is 3. The Bertz CT molecular complexity index is 3000. The van der Waals surface area contributed by atoms with Crippen molar-refractivity contribution in [2.75, 3.05) is 0 Å². The van der Waals surface area contributed by atoms with Gasteiger partial charge in [-0.3, -0.25) is 14.1 Å². The molecule has 57 heavy (non-hydrogen) atoms. The molecule has 10 aromatic rings. The maximum Gasteiger partial charge on any atom is 0.269 e. The number of nitrogens with zero attached hydrogens (tertiary/aromatic N) is 3. The van der Waals surface area contributed by atoms with Gasteiger partial charge in [-0.25, -0.2) is 0 Å². The van der Waals surface area contributed by atoms with Crippen molar-refractivity contribution in [1.82, 2.24) is 9.55 Å². The zero-order valence-electron chi connectivity index (χ0n) is 31.8. The first kappa shape index (κ1) is 34.7. The van der Waals surface area contributed by atoms with E-state index < -0.39 is 0 Å². The first-order valence-electron chi connectivity index (χ1n) is 19.5. The Labute approximate surface area is 336 Å². The van der Waals surface area contributed by atoms with Gasteiger partial charge in [-0.15, -0.1) is 11.3 Å². The minimum absolute atomic E-state index is 0.588. The van der Waals surface area contributed by atoms with Crippen LogP contribution in [0.5, 0.6) is 11.5 Å². The van der Waals surface area contributed by atoms with Crippen LogP contribution in [0.1, 0.15) is 19.4 Å². The largest absolute Gasteiger partial charge is 0.458 e. The summed E-state index contributed by atoms with van der Waals surface area (Å²) in [7, 11) is 0. The molecule has 10 rings (SSSR count). The van der Waals surface area contributed by atoms with Gasteiger partial charge in [0.25, 0.3) is 6.33 Å². The third kappa shape index (κ3) is 6.46. The van der Waals surface area contributed by atoms with Gasteiger partial charge in [0.2, 0.25) is 0 Å². The van der Waals surface area contributed by atoms with Gasteiger partial charge >= 0.3 is 0 Å². The molecule has 0 amide bonds. The van der Waals surface area contributed by atoms with Gasteiger partial charge < -0.3 is 4.74 Å². The van der Waals surface area contributed by atoms with Crippen LogP contribution in [0, 0.1) is 12.2 Å². The molecule has 3 aromatic heterocycles. The highest BCUT2D eigenvalue weighted by atomic mass is 32.1. The summed E-state index contributed by atoms with van der Waals surface area (Å²) in [4.78, 5) is 4.92. The van der Waals surface area contributed by atoms with Crippen LogP contribution in [0.25, 0.3) is 76.1 Å². The van der Waals surface area contributed by atoms with Crippen LogP contribution in [-0.4, -0.2) is 9.55 Å². The van der Waals surface area contributed by atoms with E-state index in [0.717, 1.165) is 73.8 Å². The fraction of sp³-hybridized carbons (Fsp3) is 0.0769. The average molecular weight is 754 g/mol. The minimum Gasteiger partial charge on any atom is -0.458 e. The number of benzene rings is 7. The quantitative estimate of drug-likeness (QED) is 0.109. The summed E-state index contributed by atoms with van der Waals surface area (Å²) in [5, 5.41) is 2.55. The lowest BCUT2D eigenvalue weighted by Crippen LogP contribution is -2.31. The fourth-order valence-corrected chi connectivity index (χ4v) is 9.35. The van der Waals surface area contributed by atoms with Gasteiger partial charge in [-0.05, 0) is 76.6 Å². The molecule has 0 atom stereocenters. The number of aromatic nitrogens is 3. The van der Waals surface area contributed by atoms with Crippen LogP contribution in [-0.2, 0) is 6.42 Å². The van der Waals surface area contributed by atoms with Crippen LogP contribution in [0.2, 0.25) is 0 Å². The van der Waals surface area contributed by atoms with Crippen LogP contribution >= 0.6 is 11.3 Å². The zero-order valence-corrected chi connectivity index (χ0v) is 32.6. The highest BCUT2D eigenvalue weighted by Crippen LogP contribution is 2.42. The lowest BCUT2D eigenvalue weighted by atomic mass is 9.95. The summed E-state index contributed by atoms with van der Waals surface area (Å²) >= 11 is 1.85. The van der Waals surface area contributed by atoms with Crippen LogP contribution in [0.3, 0.4) is 0 Å². The highest BCUT2D eigenvalue weighted by Gasteiger charge is 2.20. The minimum atomic E-state index is 0.588. The molecule has 0 radical (unpaired) electrons. The maximum atomic E-state index is 6.64. The summed E-state index contributed by atoms with van der Waals surface area (Å²) in [5.41, 5.74) is 12.1. The normalized spacial score (nSPS) is 11.6. The molecule has 0 bridgehead atoms. The number of thiophene rings is 1. The SMILES string of the molecule is CC(C)Cc1cccc2c1sc1c(-c3cccc(Oc4cccc(-n5[c-][n+](-c6c(-c7ccccc7)cccc6-c6ccccc6)c6ccccc65)c4)c3)nccc12. The van der Waals surface area contributed by atoms with Crippen molar-refractivity contribution in [1.29, 1.82) is 0 Å². The lowest BCUT2D eigenvalue weighted by Gasteiger charge is -2.17. The Morgan fingerprint density at radius 3 is 2.00 bits per heavy atom. The number of rotatable bonds is 9. The van der Waals surface area contributed by atoms with E-state index in [1.165, 1.54) is 25.7 Å². The Morgan fingerprint density at radius 1 is 0.614 bits per heavy atom. The van der Waals surface area contributed by atoms with E-state index in [1.807, 2.05) is 35.7 Å². The molecule has 0 aliphatic heterocycles. The highest BCUT2D eigenvalue weighted by molar-refractivity contribution is 7.26. The Kier molecular flexibility index (Phi) is 8.93. The summed E-state index contributed by atoms with van der Waals surface area (Å²) in [6, 6.07) is 61.6. The molecular formula is C52H39N3OS. The molecule has 4 nitrogen and oxygen atoms in total. The number of pyridine rings is 1. The van der Waals surface area contributed by atoms with E-state index in [1.54, 1.807) is 0 Å². The van der Waals surface area contributed by atoms with E-state index in [9.17, 15) is 0 Å². The first-order valence-corrected chi connectivity index (χ1v) is 20.3. The molecular weight excluding hydrogens is 715 g/mol. The molecule has 0 saturated heterocycles. The van der Waals surface area contributed by atoms with Gasteiger partial charge in [0.15, 0.2) is 0 Å². The van der Waals surface area contributed by atoms with Gasteiger partial charge in [0, 0.05) is 27.2 Å². The topological polar surface area (TPSA) is 30.9 Å². The monoisotopic (exact) mass is 753 g/mol. The van der Waals surface area contributed by atoms with Crippen LogP contribution in [0.15, 0.2) is 182 Å². The van der Waals surface area contributed by atoms with Gasteiger partial charge in [-0.1, -0.05) is 153 Å². The van der Waals surface area contributed by atoms with Crippen molar-refractivity contribution >= 4 is 42.5 Å². The van der Waals surface area contributed by atoms with Gasteiger partial charge in [-0.2, -0.15) is 0 Å². The second-order valence-electron chi connectivity index (χ2n) is 14.9. The molecule has 274 valence electrons. The first-order chi connectivity index (χ1) is 28.1. The maximum absolute atomic E-state index is 6.64. The van der Waals surface area contributed by atoms with Crippen molar-refractivity contribution < 1.29 is 9.30 Å². The van der Waals surface area contributed by atoms with Crippen LogP contribution in [0.4, 0.5) is 0 Å². The average Bonchev–Trinajstić information content (AvgIpc) is 3.84. The smallest absolute Gasteiger partial charge is 0.269 e. The second kappa shape index (κ2) is 14.7. The number of hydrogen-bond acceptors (Lipinski definition) is 3. The summed E-state index contributed by atoms with van der Waals surface area (Å²) in [6.07, 6.45) is 6.77. The molecule has 0 unspecified atom stereocenters. The van der Waals surface area contributed by atoms with E-state index in [2.05, 4.69) is 187 Å². The molecule has 7 aromatic carbocycles. The van der Waals surface area contributed by atoms with Crippen molar-refractivity contribution in [2.24, 2.45) is 5.92 Å². The summed E-state index contributed by atoms with van der Waals surface area (Å²) < 4.78 is 13.5. The van der Waals surface area contributed by atoms with E-state index in [0.29, 0.717) is 5.92 Å². The number of fused-ring (bicyclic) bond motifs is 4. The summed E-state index contributed by atoms with van der Waals surface area (Å²) in [6.45, 7) is 4.56. The molecule has 0 aliphatic carbocycles. The Morgan fingerprint density at radius 2 is 1.25 bits per heavy atom. The molecule has 5 heteroatoms. The second-order valence-corrected chi connectivity index (χ2v) is 15.9. The van der Waals surface area contributed by atoms with Crippen molar-refractivity contribution in [3.8, 4) is 56.4 Å². The van der Waals surface area contributed by atoms with Crippen molar-refractivity contribution in [2.45, 2.75) is 20.3 Å². The van der Waals surface area contributed by atoms with Crippen LogP contribution < -0.4 is 9.30 Å². The molecule has 3 heterocycles. The standard InChI is InChI=1S/C52H39N3OS/c1-35(2)31-39-20-12-26-45-46-29-30-53-49(52(46)57-51(39)45)38-19-11-22-41(32-38)56-42-23-13-21-40(33-42)54-34-55(48-28-10-9-27-47(48)54)50-43(36-15-5-3-6-16-36)24-14-25-44(50)37-17-7-4-8-18-37/h3-30,32-33,35H,31H2,1-2H3. The summed E-state index contributed by atoms with van der Waals surface area (Å²) in [5.74, 6) is 2.08.